The van der Waals surface area contributed by atoms with Crippen molar-refractivity contribution in [3.63, 3.8) is 0 Å². The Hall–Kier alpha value is -3.23. The van der Waals surface area contributed by atoms with Crippen LogP contribution in [-0.4, -0.2) is 27.5 Å². The number of esters is 1. The molecule has 0 saturated heterocycles. The number of anilines is 1. The maximum atomic E-state index is 12.8. The number of carbonyl (C=O) groups is 2. The van der Waals surface area contributed by atoms with Gasteiger partial charge in [0, 0.05) is 18.0 Å². The number of hydrogen-bond donors (Lipinski definition) is 2. The normalized spacial score (nSPS) is 11.6. The number of aromatic amines is 1. The zero-order valence-electron chi connectivity index (χ0n) is 12.6. The van der Waals surface area contributed by atoms with E-state index >= 15 is 0 Å². The van der Waals surface area contributed by atoms with Crippen molar-refractivity contribution >= 4 is 17.6 Å². The molecule has 0 spiro atoms. The van der Waals surface area contributed by atoms with E-state index in [1.807, 2.05) is 4.98 Å². The first-order valence-corrected chi connectivity index (χ1v) is 6.91. The topological polar surface area (TPSA) is 110 Å². The molecule has 0 unspecified atom stereocenters. The number of aromatic nitrogens is 2. The van der Waals surface area contributed by atoms with E-state index < -0.39 is 41.6 Å². The molecule has 1 atom stereocenters. The average Bonchev–Trinajstić information content (AvgIpc) is 2.52. The van der Waals surface area contributed by atoms with E-state index in [1.54, 1.807) is 0 Å². The monoisotopic (exact) mass is 335 g/mol. The summed E-state index contributed by atoms with van der Waals surface area (Å²) in [6.45, 7) is 0.899. The highest BCUT2D eigenvalue weighted by molar-refractivity contribution is 5.95. The quantitative estimate of drug-likeness (QED) is 0.761. The van der Waals surface area contributed by atoms with Gasteiger partial charge in [-0.25, -0.2) is 9.18 Å². The van der Waals surface area contributed by atoms with Gasteiger partial charge in [-0.1, -0.05) is 0 Å². The lowest BCUT2D eigenvalue weighted by atomic mass is 10.3. The fourth-order valence-corrected chi connectivity index (χ4v) is 1.77. The minimum Gasteiger partial charge on any atom is -0.451 e. The molecular formula is C15H14FN3O5. The van der Waals surface area contributed by atoms with Gasteiger partial charge in [0.2, 0.25) is 0 Å². The standard InChI is InChI=1S/C15H14FN3O5/c1-9(14(22)17-11-4-2-10(16)3-5-11)24-13(21)8-19-7-6-12(20)18-15(19)23/h2-7,9H,8H2,1H3,(H,17,22)(H,18,20,23)/t9-/m0/s1. The molecule has 0 saturated carbocycles. The molecule has 0 aliphatic rings. The Morgan fingerprint density at radius 1 is 1.25 bits per heavy atom. The first-order valence-electron chi connectivity index (χ1n) is 6.91. The van der Waals surface area contributed by atoms with E-state index in [-0.39, 0.29) is 0 Å². The maximum absolute atomic E-state index is 12.8. The number of benzene rings is 1. The number of rotatable bonds is 5. The second kappa shape index (κ2) is 7.36. The Balaban J connectivity index is 1.92. The SMILES string of the molecule is C[C@H](OC(=O)Cn1ccc(=O)[nH]c1=O)C(=O)Nc1ccc(F)cc1. The molecule has 1 aromatic carbocycles. The van der Waals surface area contributed by atoms with Gasteiger partial charge in [0.1, 0.15) is 12.4 Å². The number of H-pyrrole nitrogens is 1. The fraction of sp³-hybridized carbons (Fsp3) is 0.200. The summed E-state index contributed by atoms with van der Waals surface area (Å²) in [5.41, 5.74) is -0.999. The summed E-state index contributed by atoms with van der Waals surface area (Å²) >= 11 is 0. The molecule has 0 radical (unpaired) electrons. The van der Waals surface area contributed by atoms with Gasteiger partial charge in [-0.15, -0.1) is 0 Å². The molecule has 24 heavy (non-hydrogen) atoms. The molecule has 9 heteroatoms. The smallest absolute Gasteiger partial charge is 0.328 e. The van der Waals surface area contributed by atoms with Crippen molar-refractivity contribution in [1.29, 1.82) is 0 Å². The molecule has 0 bridgehead atoms. The molecule has 1 amide bonds. The van der Waals surface area contributed by atoms with Crippen LogP contribution in [0.3, 0.4) is 0 Å². The number of ether oxygens (including phenoxy) is 1. The molecule has 2 aromatic rings. The van der Waals surface area contributed by atoms with Crippen LogP contribution in [0.1, 0.15) is 6.92 Å². The minimum absolute atomic E-state index is 0.348. The number of nitrogens with one attached hydrogen (secondary N) is 2. The van der Waals surface area contributed by atoms with Crippen molar-refractivity contribution in [2.45, 2.75) is 19.6 Å². The van der Waals surface area contributed by atoms with Gasteiger partial charge >= 0.3 is 11.7 Å². The second-order valence-corrected chi connectivity index (χ2v) is 4.87. The van der Waals surface area contributed by atoms with Gasteiger partial charge in [0.15, 0.2) is 6.10 Å². The zero-order chi connectivity index (χ0) is 17.7. The molecule has 8 nitrogen and oxygen atoms in total. The lowest BCUT2D eigenvalue weighted by Gasteiger charge is -2.14. The van der Waals surface area contributed by atoms with Crippen LogP contribution in [0.25, 0.3) is 0 Å². The van der Waals surface area contributed by atoms with Crippen LogP contribution in [0.4, 0.5) is 10.1 Å². The van der Waals surface area contributed by atoms with Crippen LogP contribution in [0, 0.1) is 5.82 Å². The lowest BCUT2D eigenvalue weighted by Crippen LogP contribution is -2.34. The molecule has 0 aliphatic heterocycles. The Morgan fingerprint density at radius 2 is 1.92 bits per heavy atom. The van der Waals surface area contributed by atoms with Crippen molar-refractivity contribution in [2.24, 2.45) is 0 Å². The van der Waals surface area contributed by atoms with Gasteiger partial charge in [0.25, 0.3) is 11.5 Å². The number of nitrogens with zero attached hydrogens (tertiary/aromatic N) is 1. The summed E-state index contributed by atoms with van der Waals surface area (Å²) in [7, 11) is 0. The highest BCUT2D eigenvalue weighted by atomic mass is 19.1. The Bertz CT molecular complexity index is 856. The summed E-state index contributed by atoms with van der Waals surface area (Å²) in [6, 6.07) is 6.16. The number of halogens is 1. The van der Waals surface area contributed by atoms with Crippen molar-refractivity contribution < 1.29 is 18.7 Å². The summed E-state index contributed by atoms with van der Waals surface area (Å²) < 4.78 is 18.6. The van der Waals surface area contributed by atoms with E-state index in [9.17, 15) is 23.6 Å². The van der Waals surface area contributed by atoms with Gasteiger partial charge in [-0.3, -0.25) is 23.9 Å². The molecule has 0 fully saturated rings. The van der Waals surface area contributed by atoms with Gasteiger partial charge in [-0.05, 0) is 31.2 Å². The molecule has 1 heterocycles. The van der Waals surface area contributed by atoms with Gasteiger partial charge in [0.05, 0.1) is 0 Å². The van der Waals surface area contributed by atoms with E-state index in [0.29, 0.717) is 5.69 Å². The van der Waals surface area contributed by atoms with E-state index in [1.165, 1.54) is 31.2 Å². The zero-order valence-corrected chi connectivity index (χ0v) is 12.6. The highest BCUT2D eigenvalue weighted by Gasteiger charge is 2.18. The van der Waals surface area contributed by atoms with E-state index in [4.69, 9.17) is 4.74 Å². The van der Waals surface area contributed by atoms with Crippen LogP contribution < -0.4 is 16.6 Å². The van der Waals surface area contributed by atoms with Crippen LogP contribution in [0.2, 0.25) is 0 Å². The molecule has 2 N–H and O–H groups in total. The Labute approximate surface area is 134 Å². The van der Waals surface area contributed by atoms with Gasteiger partial charge < -0.3 is 10.1 Å². The maximum Gasteiger partial charge on any atom is 0.328 e. The van der Waals surface area contributed by atoms with Gasteiger partial charge in [-0.2, -0.15) is 0 Å². The molecule has 126 valence electrons. The van der Waals surface area contributed by atoms with Crippen LogP contribution >= 0.6 is 0 Å². The Kier molecular flexibility index (Phi) is 5.25. The average molecular weight is 335 g/mol. The summed E-state index contributed by atoms with van der Waals surface area (Å²) in [6.07, 6.45) is 0.0205. The number of amides is 1. The third-order valence-electron chi connectivity index (χ3n) is 2.99. The van der Waals surface area contributed by atoms with E-state index in [0.717, 1.165) is 16.8 Å². The summed E-state index contributed by atoms with van der Waals surface area (Å²) in [5.74, 6) is -1.88. The third-order valence-corrected chi connectivity index (χ3v) is 2.99. The van der Waals surface area contributed by atoms with Crippen molar-refractivity contribution in [2.75, 3.05) is 5.32 Å². The predicted octanol–water partition coefficient (Wildman–Crippen LogP) is 0.246. The summed E-state index contributed by atoms with van der Waals surface area (Å²) in [5, 5.41) is 2.46. The van der Waals surface area contributed by atoms with Crippen LogP contribution in [0.15, 0.2) is 46.1 Å². The lowest BCUT2D eigenvalue weighted by molar-refractivity contribution is -0.153. The second-order valence-electron chi connectivity index (χ2n) is 4.87. The molecular weight excluding hydrogens is 321 g/mol. The largest absolute Gasteiger partial charge is 0.451 e. The molecule has 0 aliphatic carbocycles. The van der Waals surface area contributed by atoms with Crippen LogP contribution in [-0.2, 0) is 20.9 Å². The molecule has 2 rings (SSSR count). The Morgan fingerprint density at radius 3 is 2.54 bits per heavy atom. The van der Waals surface area contributed by atoms with Crippen molar-refractivity contribution in [3.05, 3.63) is 63.2 Å². The minimum atomic E-state index is -1.12. The third kappa shape index (κ3) is 4.63. The van der Waals surface area contributed by atoms with E-state index in [2.05, 4.69) is 5.32 Å². The predicted molar refractivity (Wildman–Crippen MR) is 81.9 cm³/mol. The first kappa shape index (κ1) is 17.1. The number of carbonyl (C=O) groups excluding carboxylic acids is 2. The van der Waals surface area contributed by atoms with Crippen LogP contribution in [0.5, 0.6) is 0 Å². The van der Waals surface area contributed by atoms with Crippen molar-refractivity contribution in [1.82, 2.24) is 9.55 Å². The number of hydrogen-bond acceptors (Lipinski definition) is 5. The van der Waals surface area contributed by atoms with Crippen molar-refractivity contribution in [3.8, 4) is 0 Å². The fourth-order valence-electron chi connectivity index (χ4n) is 1.77. The first-order chi connectivity index (χ1) is 11.3. The molecule has 1 aromatic heterocycles. The summed E-state index contributed by atoms with van der Waals surface area (Å²) in [4.78, 5) is 48.0. The highest BCUT2D eigenvalue weighted by Crippen LogP contribution is 2.09.